The van der Waals surface area contributed by atoms with Crippen molar-refractivity contribution in [3.63, 3.8) is 0 Å². The predicted molar refractivity (Wildman–Crippen MR) is 68.3 cm³/mol. The molecular formula is C15H20O2. The predicted octanol–water partition coefficient (Wildman–Crippen LogP) is 3.39. The highest BCUT2D eigenvalue weighted by Crippen LogP contribution is 2.25. The van der Waals surface area contributed by atoms with Gasteiger partial charge in [-0.2, -0.15) is 0 Å². The number of ketones is 1. The molecule has 1 aromatic rings. The molecule has 2 heteroatoms. The molecule has 2 rings (SSSR count). The van der Waals surface area contributed by atoms with Crippen LogP contribution in [0.2, 0.25) is 0 Å². The first-order valence-corrected chi connectivity index (χ1v) is 6.45. The molecule has 1 aromatic carbocycles. The monoisotopic (exact) mass is 232 g/mol. The maximum Gasteiger partial charge on any atom is 0.134 e. The largest absolute Gasteiger partial charge is 0.493 e. The summed E-state index contributed by atoms with van der Waals surface area (Å²) in [7, 11) is 0. The van der Waals surface area contributed by atoms with E-state index in [9.17, 15) is 4.79 Å². The van der Waals surface area contributed by atoms with Gasteiger partial charge < -0.3 is 4.74 Å². The summed E-state index contributed by atoms with van der Waals surface area (Å²) >= 11 is 0. The Morgan fingerprint density at radius 2 is 1.88 bits per heavy atom. The van der Waals surface area contributed by atoms with Crippen LogP contribution in [-0.2, 0) is 11.2 Å². The molecule has 0 aliphatic heterocycles. The molecule has 1 aliphatic carbocycles. The van der Waals surface area contributed by atoms with Gasteiger partial charge in [0.2, 0.25) is 0 Å². The second kappa shape index (κ2) is 5.85. The molecule has 1 fully saturated rings. The molecule has 0 radical (unpaired) electrons. The number of Topliss-reactive ketones (excluding diaryl/α,β-unsaturated/α-hetero) is 1. The van der Waals surface area contributed by atoms with Gasteiger partial charge in [-0.1, -0.05) is 25.0 Å². The number of hydrogen-bond donors (Lipinski definition) is 0. The van der Waals surface area contributed by atoms with Gasteiger partial charge in [-0.05, 0) is 43.4 Å². The fraction of sp³-hybridized carbons (Fsp3) is 0.533. The topological polar surface area (TPSA) is 26.3 Å². The first-order valence-electron chi connectivity index (χ1n) is 6.45. The molecule has 92 valence electrons. The van der Waals surface area contributed by atoms with E-state index in [1.54, 1.807) is 6.92 Å². The highest BCUT2D eigenvalue weighted by atomic mass is 16.5. The average molecular weight is 232 g/mol. The van der Waals surface area contributed by atoms with Crippen molar-refractivity contribution in [1.82, 2.24) is 0 Å². The van der Waals surface area contributed by atoms with Crippen LogP contribution in [0.5, 0.6) is 5.75 Å². The summed E-state index contributed by atoms with van der Waals surface area (Å²) in [4.78, 5) is 11.0. The number of carbonyl (C=O) groups is 1. The lowest BCUT2D eigenvalue weighted by Gasteiger charge is -2.11. The summed E-state index contributed by atoms with van der Waals surface area (Å²) in [5.74, 6) is 1.86. The Morgan fingerprint density at radius 1 is 1.24 bits per heavy atom. The summed E-state index contributed by atoms with van der Waals surface area (Å²) in [6.07, 6.45) is 5.84. The Balaban J connectivity index is 1.82. The van der Waals surface area contributed by atoms with Gasteiger partial charge in [0.05, 0.1) is 6.61 Å². The number of benzene rings is 1. The van der Waals surface area contributed by atoms with Crippen LogP contribution in [0.15, 0.2) is 24.3 Å². The van der Waals surface area contributed by atoms with E-state index >= 15 is 0 Å². The van der Waals surface area contributed by atoms with Gasteiger partial charge in [-0.25, -0.2) is 0 Å². The quantitative estimate of drug-likeness (QED) is 0.778. The van der Waals surface area contributed by atoms with Crippen LogP contribution in [0.25, 0.3) is 0 Å². The standard InChI is InChI=1S/C15H20O2/c1-12(16)10-13-6-8-15(9-7-13)17-11-14-4-2-3-5-14/h6-9,14H,2-5,10-11H2,1H3. The van der Waals surface area contributed by atoms with Crippen molar-refractivity contribution >= 4 is 5.78 Å². The lowest BCUT2D eigenvalue weighted by atomic mass is 10.1. The third kappa shape index (κ3) is 3.88. The molecule has 0 heterocycles. The van der Waals surface area contributed by atoms with Crippen molar-refractivity contribution in [2.75, 3.05) is 6.61 Å². The van der Waals surface area contributed by atoms with E-state index in [1.165, 1.54) is 25.7 Å². The average Bonchev–Trinajstić information content (AvgIpc) is 2.80. The molecular weight excluding hydrogens is 212 g/mol. The van der Waals surface area contributed by atoms with E-state index in [1.807, 2.05) is 24.3 Å². The Morgan fingerprint density at radius 3 is 2.47 bits per heavy atom. The highest BCUT2D eigenvalue weighted by molar-refractivity contribution is 5.78. The number of rotatable bonds is 5. The maximum absolute atomic E-state index is 11.0. The van der Waals surface area contributed by atoms with Gasteiger partial charge >= 0.3 is 0 Å². The van der Waals surface area contributed by atoms with Crippen molar-refractivity contribution in [3.8, 4) is 5.75 Å². The van der Waals surface area contributed by atoms with Crippen molar-refractivity contribution in [1.29, 1.82) is 0 Å². The SMILES string of the molecule is CC(=O)Cc1ccc(OCC2CCCC2)cc1. The van der Waals surface area contributed by atoms with E-state index < -0.39 is 0 Å². The summed E-state index contributed by atoms with van der Waals surface area (Å²) in [5, 5.41) is 0. The third-order valence-corrected chi connectivity index (χ3v) is 3.34. The number of hydrogen-bond acceptors (Lipinski definition) is 2. The first kappa shape index (κ1) is 12.2. The summed E-state index contributed by atoms with van der Waals surface area (Å²) < 4.78 is 5.76. The smallest absolute Gasteiger partial charge is 0.134 e. The minimum Gasteiger partial charge on any atom is -0.493 e. The molecule has 0 unspecified atom stereocenters. The summed E-state index contributed by atoms with van der Waals surface area (Å²) in [5.41, 5.74) is 1.06. The zero-order valence-corrected chi connectivity index (χ0v) is 10.4. The van der Waals surface area contributed by atoms with Crippen LogP contribution in [0.3, 0.4) is 0 Å². The maximum atomic E-state index is 11.0. The fourth-order valence-electron chi connectivity index (χ4n) is 2.38. The van der Waals surface area contributed by atoms with Crippen LogP contribution < -0.4 is 4.74 Å². The van der Waals surface area contributed by atoms with E-state index in [0.29, 0.717) is 6.42 Å². The Kier molecular flexibility index (Phi) is 4.18. The number of ether oxygens (including phenoxy) is 1. The molecule has 0 amide bonds. The normalized spacial score (nSPS) is 16.1. The molecule has 1 aliphatic rings. The molecule has 1 saturated carbocycles. The van der Waals surface area contributed by atoms with Gasteiger partial charge in [0.25, 0.3) is 0 Å². The van der Waals surface area contributed by atoms with Gasteiger partial charge in [0.1, 0.15) is 11.5 Å². The zero-order valence-electron chi connectivity index (χ0n) is 10.4. The van der Waals surface area contributed by atoms with Crippen molar-refractivity contribution < 1.29 is 9.53 Å². The van der Waals surface area contributed by atoms with Crippen LogP contribution >= 0.6 is 0 Å². The summed E-state index contributed by atoms with van der Waals surface area (Å²) in [6, 6.07) is 7.89. The highest BCUT2D eigenvalue weighted by Gasteiger charge is 2.15. The zero-order chi connectivity index (χ0) is 12.1. The van der Waals surface area contributed by atoms with E-state index in [-0.39, 0.29) is 5.78 Å². The van der Waals surface area contributed by atoms with Crippen LogP contribution in [0.1, 0.15) is 38.2 Å². The van der Waals surface area contributed by atoms with Crippen molar-refractivity contribution in [2.45, 2.75) is 39.0 Å². The van der Waals surface area contributed by atoms with Gasteiger partial charge in [0.15, 0.2) is 0 Å². The fourth-order valence-corrected chi connectivity index (χ4v) is 2.38. The Labute approximate surface area is 103 Å². The van der Waals surface area contributed by atoms with Crippen molar-refractivity contribution in [3.05, 3.63) is 29.8 Å². The Hall–Kier alpha value is -1.31. The third-order valence-electron chi connectivity index (χ3n) is 3.34. The van der Waals surface area contributed by atoms with Gasteiger partial charge in [-0.3, -0.25) is 4.79 Å². The molecule has 0 bridgehead atoms. The molecule has 2 nitrogen and oxygen atoms in total. The number of carbonyl (C=O) groups excluding carboxylic acids is 1. The van der Waals surface area contributed by atoms with Crippen LogP contribution in [0, 0.1) is 5.92 Å². The minimum atomic E-state index is 0.199. The van der Waals surface area contributed by atoms with Crippen LogP contribution in [-0.4, -0.2) is 12.4 Å². The molecule has 0 aromatic heterocycles. The lowest BCUT2D eigenvalue weighted by Crippen LogP contribution is -2.08. The molecule has 0 atom stereocenters. The lowest BCUT2D eigenvalue weighted by molar-refractivity contribution is -0.116. The summed E-state index contributed by atoms with van der Waals surface area (Å²) in [6.45, 7) is 2.45. The van der Waals surface area contributed by atoms with Crippen LogP contribution in [0.4, 0.5) is 0 Å². The molecule has 0 N–H and O–H groups in total. The van der Waals surface area contributed by atoms with E-state index in [0.717, 1.165) is 23.8 Å². The van der Waals surface area contributed by atoms with E-state index in [2.05, 4.69) is 0 Å². The second-order valence-electron chi connectivity index (χ2n) is 4.98. The second-order valence-corrected chi connectivity index (χ2v) is 4.98. The van der Waals surface area contributed by atoms with E-state index in [4.69, 9.17) is 4.74 Å². The molecule has 0 saturated heterocycles. The van der Waals surface area contributed by atoms with Gasteiger partial charge in [-0.15, -0.1) is 0 Å². The molecule has 17 heavy (non-hydrogen) atoms. The van der Waals surface area contributed by atoms with Crippen molar-refractivity contribution in [2.24, 2.45) is 5.92 Å². The van der Waals surface area contributed by atoms with Gasteiger partial charge in [0, 0.05) is 6.42 Å². The Bertz CT molecular complexity index is 361. The minimum absolute atomic E-state index is 0.199. The first-order chi connectivity index (χ1) is 8.24. The molecule has 0 spiro atoms.